The molecule has 0 aliphatic carbocycles. The van der Waals surface area contributed by atoms with E-state index in [-0.39, 0.29) is 5.54 Å². The molecule has 0 unspecified atom stereocenters. The van der Waals surface area contributed by atoms with Crippen LogP contribution in [0.3, 0.4) is 0 Å². The third-order valence-electron chi connectivity index (χ3n) is 12.7. The number of nitrogens with zero attached hydrogens (tertiary/aromatic N) is 3. The lowest BCUT2D eigenvalue weighted by Crippen LogP contribution is -2.58. The van der Waals surface area contributed by atoms with Crippen LogP contribution in [0.15, 0.2) is 151 Å². The Kier molecular flexibility index (Phi) is 6.73. The number of allylic oxidation sites excluding steroid dienone is 1. The third kappa shape index (κ3) is 4.25. The molecule has 0 saturated heterocycles. The van der Waals surface area contributed by atoms with Crippen molar-refractivity contribution < 1.29 is 13.6 Å². The first-order chi connectivity index (χ1) is 26.6. The summed E-state index contributed by atoms with van der Waals surface area (Å²) < 4.78 is 14.1. The lowest BCUT2D eigenvalue weighted by molar-refractivity contribution is -0.758. The molecule has 0 fully saturated rings. The Morgan fingerprint density at radius 1 is 0.611 bits per heavy atom. The third-order valence-corrected chi connectivity index (χ3v) is 12.7. The lowest BCUT2D eigenvalue weighted by Gasteiger charge is -2.28. The van der Waals surface area contributed by atoms with Crippen molar-refractivity contribution in [2.24, 2.45) is 0 Å². The van der Waals surface area contributed by atoms with Gasteiger partial charge in [-0.1, -0.05) is 68.4 Å². The number of aryl methyl sites for hydroxylation is 2. The Morgan fingerprint density at radius 3 is 2.20 bits per heavy atom. The fourth-order valence-electron chi connectivity index (χ4n) is 9.97. The molecule has 6 heterocycles. The molecule has 5 aromatic heterocycles. The largest absolute Gasteiger partial charge is 0.456 e. The highest BCUT2D eigenvalue weighted by atomic mass is 16.3. The number of furan rings is 1. The summed E-state index contributed by atoms with van der Waals surface area (Å²) in [5.74, 6) is 0. The van der Waals surface area contributed by atoms with Crippen molar-refractivity contribution in [3.05, 3.63) is 157 Å². The summed E-state index contributed by atoms with van der Waals surface area (Å²) in [5.41, 5.74) is 14.3. The molecule has 0 radical (unpaired) electrons. The van der Waals surface area contributed by atoms with Gasteiger partial charge in [0.05, 0.1) is 28.5 Å². The highest BCUT2D eigenvalue weighted by Crippen LogP contribution is 2.47. The minimum absolute atomic E-state index is 0.181. The van der Waals surface area contributed by atoms with Gasteiger partial charge in [0.25, 0.3) is 0 Å². The van der Waals surface area contributed by atoms with Gasteiger partial charge in [0.1, 0.15) is 11.2 Å². The topological polar surface area (TPSA) is 25.3 Å². The molecule has 1 aliphatic rings. The Bertz CT molecular complexity index is 3140. The van der Waals surface area contributed by atoms with Gasteiger partial charge in [-0.05, 0) is 79.1 Å². The van der Waals surface area contributed by atoms with Crippen molar-refractivity contribution in [3.63, 3.8) is 0 Å². The Labute approximate surface area is 314 Å². The number of hydrogen-bond donors (Lipinski definition) is 0. The second-order valence-corrected chi connectivity index (χ2v) is 15.2. The van der Waals surface area contributed by atoms with Gasteiger partial charge in [-0.25, -0.2) is 0 Å². The quantitative estimate of drug-likeness (QED) is 0.165. The molecule has 0 bridgehead atoms. The lowest BCUT2D eigenvalue weighted by atomic mass is 9.85. The summed E-state index contributed by atoms with van der Waals surface area (Å²) in [6.45, 7) is 9.46. The van der Waals surface area contributed by atoms with Crippen LogP contribution in [0.5, 0.6) is 0 Å². The smallest absolute Gasteiger partial charge is 0.218 e. The van der Waals surface area contributed by atoms with E-state index < -0.39 is 0 Å². The Morgan fingerprint density at radius 2 is 1.33 bits per heavy atom. The van der Waals surface area contributed by atoms with Crippen LogP contribution in [0.25, 0.3) is 88.2 Å². The number of pyridine rings is 2. The maximum Gasteiger partial charge on any atom is 0.218 e. The van der Waals surface area contributed by atoms with Crippen LogP contribution in [0.1, 0.15) is 44.2 Å². The van der Waals surface area contributed by atoms with Crippen molar-refractivity contribution in [1.82, 2.24) is 4.40 Å². The number of fused-ring (bicyclic) bond motifs is 16. The maximum absolute atomic E-state index is 6.64. The summed E-state index contributed by atoms with van der Waals surface area (Å²) in [6.07, 6.45) is 9.10. The van der Waals surface area contributed by atoms with E-state index in [9.17, 15) is 0 Å². The average molecular weight is 700 g/mol. The van der Waals surface area contributed by atoms with Crippen LogP contribution >= 0.6 is 0 Å². The molecule has 4 nitrogen and oxygen atoms in total. The molecule has 54 heavy (non-hydrogen) atoms. The molecule has 10 aromatic rings. The first kappa shape index (κ1) is 31.3. The maximum atomic E-state index is 6.64. The van der Waals surface area contributed by atoms with Crippen LogP contribution in [-0.4, -0.2) is 4.40 Å². The van der Waals surface area contributed by atoms with E-state index in [1.165, 1.54) is 82.5 Å². The van der Waals surface area contributed by atoms with Gasteiger partial charge in [-0.3, -0.25) is 0 Å². The van der Waals surface area contributed by atoms with Crippen molar-refractivity contribution in [2.75, 3.05) is 0 Å². The Hall–Kier alpha value is -6.26. The number of aromatic nitrogens is 3. The predicted molar refractivity (Wildman–Crippen MR) is 222 cm³/mol. The molecule has 0 saturated carbocycles. The highest BCUT2D eigenvalue weighted by molar-refractivity contribution is 6.34. The van der Waals surface area contributed by atoms with Gasteiger partial charge >= 0.3 is 0 Å². The van der Waals surface area contributed by atoms with E-state index in [1.807, 2.05) is 0 Å². The van der Waals surface area contributed by atoms with Crippen LogP contribution in [0.2, 0.25) is 0 Å². The Balaban J connectivity index is 1.27. The van der Waals surface area contributed by atoms with Gasteiger partial charge in [0.2, 0.25) is 11.4 Å². The molecule has 1 aliphatic heterocycles. The van der Waals surface area contributed by atoms with Crippen molar-refractivity contribution >= 4 is 65.7 Å². The molecular weight excluding hydrogens is 659 g/mol. The minimum atomic E-state index is -0.181. The normalized spacial score (nSPS) is 14.6. The molecular formula is C50H41N3O+2. The van der Waals surface area contributed by atoms with Crippen molar-refractivity contribution in [1.29, 1.82) is 0 Å². The fourth-order valence-corrected chi connectivity index (χ4v) is 9.97. The molecule has 11 rings (SSSR count). The van der Waals surface area contributed by atoms with Gasteiger partial charge in [-0.2, -0.15) is 9.13 Å². The zero-order valence-corrected chi connectivity index (χ0v) is 30.8. The van der Waals surface area contributed by atoms with E-state index in [1.54, 1.807) is 0 Å². The monoisotopic (exact) mass is 699 g/mol. The molecule has 5 aromatic carbocycles. The minimum Gasteiger partial charge on any atom is -0.456 e. The van der Waals surface area contributed by atoms with Gasteiger partial charge in [-0.15, -0.1) is 0 Å². The molecule has 260 valence electrons. The number of benzene rings is 5. The van der Waals surface area contributed by atoms with Crippen LogP contribution in [0.4, 0.5) is 0 Å². The second-order valence-electron chi connectivity index (χ2n) is 15.2. The number of rotatable bonds is 2. The molecule has 0 atom stereocenters. The average Bonchev–Trinajstić information content (AvgIpc) is 3.87. The van der Waals surface area contributed by atoms with Crippen molar-refractivity contribution in [3.8, 4) is 22.5 Å². The predicted octanol–water partition coefficient (Wildman–Crippen LogP) is 11.8. The van der Waals surface area contributed by atoms with E-state index in [0.717, 1.165) is 49.0 Å². The van der Waals surface area contributed by atoms with E-state index >= 15 is 0 Å². The summed E-state index contributed by atoms with van der Waals surface area (Å²) in [6, 6.07) is 46.9. The van der Waals surface area contributed by atoms with E-state index in [0.29, 0.717) is 0 Å². The summed E-state index contributed by atoms with van der Waals surface area (Å²) in [5, 5.41) is 7.41. The van der Waals surface area contributed by atoms with Crippen LogP contribution in [-0.2, 0) is 18.4 Å². The zero-order valence-electron chi connectivity index (χ0n) is 30.8. The van der Waals surface area contributed by atoms with Crippen LogP contribution < -0.4 is 9.13 Å². The highest BCUT2D eigenvalue weighted by Gasteiger charge is 2.42. The zero-order chi connectivity index (χ0) is 36.1. The van der Waals surface area contributed by atoms with E-state index in [2.05, 4.69) is 167 Å². The summed E-state index contributed by atoms with van der Waals surface area (Å²) >= 11 is 0. The standard InChI is InChI=1S/C50H41N3O/c1-4-50(5-2)31-32(3)51-26-14-12-20-41(51)35-17-7-6-16-33(35)24-25-34-28-44-39(29-38(34)42-21-13-15-27-52(42)50)40-30-46-47(37-19-9-11-23-45(37)54-46)48-36-18-8-10-22-43(36)53(44)49(40)48/h6-23,26-30H,3-5,24-25,31H2,1-2H3/q+2. The fraction of sp³-hybridized carbons (Fsp3) is 0.160. The summed E-state index contributed by atoms with van der Waals surface area (Å²) in [4.78, 5) is 0. The molecule has 0 N–H and O–H groups in total. The van der Waals surface area contributed by atoms with Crippen molar-refractivity contribution in [2.45, 2.75) is 51.5 Å². The SMILES string of the molecule is C=C1CC(CC)(CC)[n+]2ccccc2-c2cc3c4cc5oc6ccccc6c5c5c6ccccc6n(c3cc2CCc2ccccc2-c2cccc[n+]21)c45. The second kappa shape index (κ2) is 11.6. The van der Waals surface area contributed by atoms with Gasteiger partial charge in [0.15, 0.2) is 23.6 Å². The molecule has 0 spiro atoms. The van der Waals surface area contributed by atoms with E-state index in [4.69, 9.17) is 11.0 Å². The number of para-hydroxylation sites is 2. The molecule has 4 heteroatoms. The first-order valence-corrected chi connectivity index (χ1v) is 19.4. The van der Waals surface area contributed by atoms with Gasteiger partial charge in [0, 0.05) is 75.0 Å². The first-order valence-electron chi connectivity index (χ1n) is 19.4. The van der Waals surface area contributed by atoms with Gasteiger partial charge < -0.3 is 8.82 Å². The van der Waals surface area contributed by atoms with Crippen LogP contribution in [0, 0.1) is 0 Å². The molecule has 0 amide bonds. The number of hydrogen-bond acceptors (Lipinski definition) is 1. The summed E-state index contributed by atoms with van der Waals surface area (Å²) in [7, 11) is 0.